The smallest absolute Gasteiger partial charge is 0.341 e. The lowest BCUT2D eigenvalue weighted by Gasteiger charge is -2.35. The molecule has 0 unspecified atom stereocenters. The number of nitrogens with zero attached hydrogens (tertiary/aromatic N) is 1. The lowest BCUT2D eigenvalue weighted by atomic mass is 9.87. The Kier molecular flexibility index (Phi) is 5.84. The standard InChI is InChI=1S/C24H26N2O5/c1-29-17-5-6-21-18(11-17)16(13-25-21)4-7-22-19-12-23(30-2)20(24(28)31-3)10-15(19)8-9-26(22)14-27/h5-6,10-14,22,25H,4,7-9H2,1-3H3/t22-/m0/s1. The number of hydrogen-bond donors (Lipinski definition) is 1. The largest absolute Gasteiger partial charge is 0.497 e. The Labute approximate surface area is 180 Å². The van der Waals surface area contributed by atoms with Crippen LogP contribution in [-0.4, -0.2) is 50.1 Å². The van der Waals surface area contributed by atoms with Crippen LogP contribution in [0.25, 0.3) is 10.9 Å². The van der Waals surface area contributed by atoms with Crippen LogP contribution in [0.3, 0.4) is 0 Å². The number of nitrogens with one attached hydrogen (secondary N) is 1. The molecule has 31 heavy (non-hydrogen) atoms. The highest BCUT2D eigenvalue weighted by Gasteiger charge is 2.29. The van der Waals surface area contributed by atoms with Gasteiger partial charge >= 0.3 is 5.97 Å². The van der Waals surface area contributed by atoms with Crippen LogP contribution in [0.15, 0.2) is 36.5 Å². The molecule has 0 radical (unpaired) electrons. The minimum atomic E-state index is -0.429. The van der Waals surface area contributed by atoms with E-state index in [0.29, 0.717) is 24.3 Å². The summed E-state index contributed by atoms with van der Waals surface area (Å²) in [7, 11) is 4.54. The molecule has 0 saturated heterocycles. The molecule has 2 aromatic carbocycles. The van der Waals surface area contributed by atoms with Crippen LogP contribution in [0.2, 0.25) is 0 Å². The Bertz CT molecular complexity index is 1120. The van der Waals surface area contributed by atoms with Crippen molar-refractivity contribution in [3.05, 3.63) is 58.8 Å². The van der Waals surface area contributed by atoms with E-state index < -0.39 is 5.97 Å². The minimum absolute atomic E-state index is 0.0996. The van der Waals surface area contributed by atoms with Gasteiger partial charge in [-0.1, -0.05) is 0 Å². The molecular weight excluding hydrogens is 396 g/mol. The predicted molar refractivity (Wildman–Crippen MR) is 117 cm³/mol. The summed E-state index contributed by atoms with van der Waals surface area (Å²) in [5.74, 6) is 0.841. The van der Waals surface area contributed by atoms with Crippen LogP contribution < -0.4 is 9.47 Å². The molecule has 0 spiro atoms. The van der Waals surface area contributed by atoms with Crippen molar-refractivity contribution in [2.75, 3.05) is 27.9 Å². The molecule has 1 amide bonds. The first-order chi connectivity index (χ1) is 15.1. The normalized spacial score (nSPS) is 15.5. The number of aromatic amines is 1. The second-order valence-corrected chi connectivity index (χ2v) is 7.62. The summed E-state index contributed by atoms with van der Waals surface area (Å²) in [6.45, 7) is 0.607. The van der Waals surface area contributed by atoms with E-state index >= 15 is 0 Å². The van der Waals surface area contributed by atoms with Gasteiger partial charge in [0.1, 0.15) is 17.1 Å². The Morgan fingerprint density at radius 3 is 2.74 bits per heavy atom. The summed E-state index contributed by atoms with van der Waals surface area (Å²) in [5, 5.41) is 1.12. The van der Waals surface area contributed by atoms with Crippen LogP contribution in [0.1, 0.15) is 39.5 Å². The third kappa shape index (κ3) is 3.83. The van der Waals surface area contributed by atoms with Crippen LogP contribution in [0, 0.1) is 0 Å². The van der Waals surface area contributed by atoms with Crippen molar-refractivity contribution in [3.8, 4) is 11.5 Å². The first-order valence-electron chi connectivity index (χ1n) is 10.2. The van der Waals surface area contributed by atoms with E-state index in [2.05, 4.69) is 4.98 Å². The molecule has 7 nitrogen and oxygen atoms in total. The van der Waals surface area contributed by atoms with E-state index in [-0.39, 0.29) is 6.04 Å². The van der Waals surface area contributed by atoms with Gasteiger partial charge in [-0.05, 0) is 66.3 Å². The lowest BCUT2D eigenvalue weighted by molar-refractivity contribution is -0.120. The number of aromatic nitrogens is 1. The molecular formula is C24H26N2O5. The van der Waals surface area contributed by atoms with Crippen LogP contribution in [0.4, 0.5) is 0 Å². The van der Waals surface area contributed by atoms with Crippen molar-refractivity contribution in [3.63, 3.8) is 0 Å². The van der Waals surface area contributed by atoms with Crippen molar-refractivity contribution in [2.24, 2.45) is 0 Å². The summed E-state index contributed by atoms with van der Waals surface area (Å²) in [6.07, 6.45) is 5.13. The zero-order valence-corrected chi connectivity index (χ0v) is 17.9. The number of carbonyl (C=O) groups excluding carboxylic acids is 2. The van der Waals surface area contributed by atoms with Crippen LogP contribution >= 0.6 is 0 Å². The number of amides is 1. The number of rotatable bonds is 7. The number of ether oxygens (including phenoxy) is 3. The van der Waals surface area contributed by atoms with Gasteiger partial charge in [-0.2, -0.15) is 0 Å². The number of aryl methyl sites for hydroxylation is 1. The van der Waals surface area contributed by atoms with E-state index in [1.54, 1.807) is 7.11 Å². The molecule has 1 atom stereocenters. The molecule has 4 rings (SSSR count). The SMILES string of the molecule is COC(=O)c1cc2c(cc1OC)[C@H](CCc1c[nH]c3ccc(OC)cc13)N(C=O)CC2. The van der Waals surface area contributed by atoms with Gasteiger partial charge in [-0.15, -0.1) is 0 Å². The minimum Gasteiger partial charge on any atom is -0.497 e. The van der Waals surface area contributed by atoms with Gasteiger partial charge in [0.05, 0.1) is 27.4 Å². The lowest BCUT2D eigenvalue weighted by Crippen LogP contribution is -2.35. The van der Waals surface area contributed by atoms with E-state index in [0.717, 1.165) is 47.0 Å². The first-order valence-corrected chi connectivity index (χ1v) is 10.2. The molecule has 1 aromatic heterocycles. The van der Waals surface area contributed by atoms with Crippen LogP contribution in [0.5, 0.6) is 11.5 Å². The molecule has 3 aromatic rings. The van der Waals surface area contributed by atoms with Crippen LogP contribution in [-0.2, 0) is 22.4 Å². The number of carbonyl (C=O) groups is 2. The van der Waals surface area contributed by atoms with E-state index in [1.165, 1.54) is 19.8 Å². The predicted octanol–water partition coefficient (Wildman–Crippen LogP) is 3.66. The number of methoxy groups -OCH3 is 3. The maximum absolute atomic E-state index is 12.2. The molecule has 2 heterocycles. The number of esters is 1. The van der Waals surface area contributed by atoms with Crippen molar-refractivity contribution in [1.29, 1.82) is 0 Å². The molecule has 0 bridgehead atoms. The fourth-order valence-electron chi connectivity index (χ4n) is 4.42. The maximum atomic E-state index is 12.2. The third-order valence-corrected chi connectivity index (χ3v) is 6.06. The quantitative estimate of drug-likeness (QED) is 0.464. The van der Waals surface area contributed by atoms with Gasteiger partial charge in [0.25, 0.3) is 0 Å². The average molecular weight is 422 g/mol. The maximum Gasteiger partial charge on any atom is 0.341 e. The summed E-state index contributed by atoms with van der Waals surface area (Å²) < 4.78 is 15.7. The van der Waals surface area contributed by atoms with Crippen molar-refractivity contribution in [1.82, 2.24) is 9.88 Å². The second kappa shape index (κ2) is 8.71. The zero-order chi connectivity index (χ0) is 22.0. The molecule has 7 heteroatoms. The monoisotopic (exact) mass is 422 g/mol. The molecule has 0 aliphatic carbocycles. The Morgan fingerprint density at radius 1 is 1.19 bits per heavy atom. The van der Waals surface area contributed by atoms with Gasteiger partial charge in [0, 0.05) is 23.6 Å². The number of hydrogen-bond acceptors (Lipinski definition) is 5. The van der Waals surface area contributed by atoms with E-state index in [4.69, 9.17) is 14.2 Å². The summed E-state index contributed by atoms with van der Waals surface area (Å²) in [5.41, 5.74) is 4.69. The van der Waals surface area contributed by atoms with Gasteiger partial charge in [0.15, 0.2) is 0 Å². The Hall–Kier alpha value is -3.48. The molecule has 1 aliphatic rings. The zero-order valence-electron chi connectivity index (χ0n) is 17.9. The fourth-order valence-corrected chi connectivity index (χ4v) is 4.42. The highest BCUT2D eigenvalue weighted by Crippen LogP contribution is 2.37. The fraction of sp³-hybridized carbons (Fsp3) is 0.333. The van der Waals surface area contributed by atoms with E-state index in [9.17, 15) is 9.59 Å². The Balaban J connectivity index is 1.67. The number of H-pyrrole nitrogens is 1. The molecule has 1 N–H and O–H groups in total. The second-order valence-electron chi connectivity index (χ2n) is 7.62. The summed E-state index contributed by atoms with van der Waals surface area (Å²) in [6, 6.07) is 9.58. The molecule has 0 fully saturated rings. The highest BCUT2D eigenvalue weighted by atomic mass is 16.5. The van der Waals surface area contributed by atoms with Gasteiger partial charge in [-0.3, -0.25) is 4.79 Å². The molecule has 162 valence electrons. The van der Waals surface area contributed by atoms with Crippen molar-refractivity contribution < 1.29 is 23.8 Å². The van der Waals surface area contributed by atoms with Gasteiger partial charge in [-0.25, -0.2) is 4.79 Å². The number of benzene rings is 2. The van der Waals surface area contributed by atoms with Gasteiger partial charge in [0.2, 0.25) is 6.41 Å². The molecule has 0 saturated carbocycles. The molecule has 1 aliphatic heterocycles. The third-order valence-electron chi connectivity index (χ3n) is 6.06. The summed E-state index contributed by atoms with van der Waals surface area (Å²) >= 11 is 0. The topological polar surface area (TPSA) is 80.9 Å². The summed E-state index contributed by atoms with van der Waals surface area (Å²) in [4.78, 5) is 29.1. The highest BCUT2D eigenvalue weighted by molar-refractivity contribution is 5.93. The van der Waals surface area contributed by atoms with Crippen molar-refractivity contribution in [2.45, 2.75) is 25.3 Å². The Morgan fingerprint density at radius 2 is 2.03 bits per heavy atom. The van der Waals surface area contributed by atoms with E-state index in [1.807, 2.05) is 41.4 Å². The number of fused-ring (bicyclic) bond motifs is 2. The average Bonchev–Trinajstić information content (AvgIpc) is 3.22. The van der Waals surface area contributed by atoms with Gasteiger partial charge < -0.3 is 24.1 Å². The van der Waals surface area contributed by atoms with Crippen molar-refractivity contribution >= 4 is 23.3 Å². The first kappa shape index (κ1) is 20.8.